The van der Waals surface area contributed by atoms with Crippen molar-refractivity contribution in [3.8, 4) is 5.75 Å². The number of likely N-dealkylation sites (N-methyl/N-ethyl adjacent to an activating group) is 1. The summed E-state index contributed by atoms with van der Waals surface area (Å²) in [5, 5.41) is 0. The largest absolute Gasteiger partial charge is 0.497 e. The maximum atomic E-state index is 13.1. The standard InChI is InChI=1S/C33H38N2O6S/c1-5-6-7-11-29(41-22-23-12-18-26(39-3)19-13-23)24-14-16-25(17-15-24)35-28(31(36)34(2)33(35)38)10-8-9-27-20-21-30(42-27)32(37)40-4/h8-9,12-21,28-29H,5-7,10-11,22H2,1-4H3/b9-8-. The second-order valence-electron chi connectivity index (χ2n) is 10.1. The summed E-state index contributed by atoms with van der Waals surface area (Å²) in [6.45, 7) is 2.66. The number of methoxy groups -OCH3 is 2. The van der Waals surface area contributed by atoms with Crippen molar-refractivity contribution in [2.75, 3.05) is 26.2 Å². The van der Waals surface area contributed by atoms with Crippen molar-refractivity contribution in [2.24, 2.45) is 0 Å². The number of esters is 1. The first kappa shape index (κ1) is 31.0. The molecule has 0 radical (unpaired) electrons. The zero-order valence-corrected chi connectivity index (χ0v) is 25.4. The van der Waals surface area contributed by atoms with Gasteiger partial charge in [0.15, 0.2) is 0 Å². The first-order chi connectivity index (χ1) is 20.4. The Morgan fingerprint density at radius 1 is 1.00 bits per heavy atom. The molecule has 9 heteroatoms. The molecule has 3 amide bonds. The number of anilines is 1. The van der Waals surface area contributed by atoms with Crippen LogP contribution in [0.2, 0.25) is 0 Å². The third kappa shape index (κ3) is 7.46. The van der Waals surface area contributed by atoms with Crippen LogP contribution < -0.4 is 9.64 Å². The van der Waals surface area contributed by atoms with Crippen molar-refractivity contribution in [1.82, 2.24) is 4.90 Å². The van der Waals surface area contributed by atoms with E-state index in [1.807, 2.05) is 66.7 Å². The van der Waals surface area contributed by atoms with Crippen molar-refractivity contribution < 1.29 is 28.6 Å². The number of urea groups is 1. The highest BCUT2D eigenvalue weighted by Gasteiger charge is 2.43. The number of unbranched alkanes of at least 4 members (excludes halogenated alkanes) is 2. The Morgan fingerprint density at radius 3 is 2.40 bits per heavy atom. The fourth-order valence-corrected chi connectivity index (χ4v) is 5.74. The molecular formula is C33H38N2O6S. The van der Waals surface area contributed by atoms with Crippen LogP contribution in [-0.2, 0) is 20.9 Å². The molecule has 0 spiro atoms. The highest BCUT2D eigenvalue weighted by atomic mass is 32.1. The summed E-state index contributed by atoms with van der Waals surface area (Å²) in [6.07, 6.45) is 8.16. The highest BCUT2D eigenvalue weighted by Crippen LogP contribution is 2.31. The Balaban J connectivity index is 1.47. The molecule has 0 aliphatic carbocycles. The number of thiophene rings is 1. The Bertz CT molecular complexity index is 1380. The van der Waals surface area contributed by atoms with Crippen LogP contribution in [0.5, 0.6) is 5.75 Å². The summed E-state index contributed by atoms with van der Waals surface area (Å²) in [7, 11) is 4.50. The molecule has 42 heavy (non-hydrogen) atoms. The van der Waals surface area contributed by atoms with Gasteiger partial charge in [-0.2, -0.15) is 0 Å². The van der Waals surface area contributed by atoms with Gasteiger partial charge < -0.3 is 14.2 Å². The Labute approximate surface area is 251 Å². The van der Waals surface area contributed by atoms with Crippen LogP contribution >= 0.6 is 11.3 Å². The molecule has 1 aliphatic heterocycles. The van der Waals surface area contributed by atoms with Crippen LogP contribution in [0.3, 0.4) is 0 Å². The lowest BCUT2D eigenvalue weighted by atomic mass is 10.0. The van der Waals surface area contributed by atoms with Crippen molar-refractivity contribution in [1.29, 1.82) is 0 Å². The quantitative estimate of drug-likeness (QED) is 0.112. The average Bonchev–Trinajstić information content (AvgIpc) is 3.58. The van der Waals surface area contributed by atoms with Crippen LogP contribution in [-0.4, -0.2) is 50.1 Å². The second-order valence-corrected chi connectivity index (χ2v) is 11.2. The molecule has 3 aromatic rings. The lowest BCUT2D eigenvalue weighted by Crippen LogP contribution is -2.34. The fraction of sp³-hybridized carbons (Fsp3) is 0.364. The Hall–Kier alpha value is -3.95. The third-order valence-electron chi connectivity index (χ3n) is 7.30. The molecule has 1 saturated heterocycles. The van der Waals surface area contributed by atoms with E-state index in [0.717, 1.165) is 47.4 Å². The molecule has 4 rings (SSSR count). The zero-order valence-electron chi connectivity index (χ0n) is 24.6. The fourth-order valence-electron chi connectivity index (χ4n) is 4.88. The van der Waals surface area contributed by atoms with E-state index < -0.39 is 6.04 Å². The van der Waals surface area contributed by atoms with Gasteiger partial charge in [-0.25, -0.2) is 9.59 Å². The lowest BCUT2D eigenvalue weighted by Gasteiger charge is -2.23. The number of hydrogen-bond donors (Lipinski definition) is 0. The first-order valence-corrected chi connectivity index (χ1v) is 15.0. The molecule has 2 heterocycles. The number of amides is 3. The maximum absolute atomic E-state index is 13.1. The van der Waals surface area contributed by atoms with E-state index in [9.17, 15) is 14.4 Å². The molecule has 2 unspecified atom stereocenters. The van der Waals surface area contributed by atoms with Crippen LogP contribution in [0.25, 0.3) is 6.08 Å². The van der Waals surface area contributed by atoms with Crippen molar-refractivity contribution in [2.45, 2.75) is 57.8 Å². The first-order valence-electron chi connectivity index (χ1n) is 14.2. The maximum Gasteiger partial charge on any atom is 0.348 e. The predicted octanol–water partition coefficient (Wildman–Crippen LogP) is 7.25. The van der Waals surface area contributed by atoms with E-state index in [0.29, 0.717) is 23.6 Å². The number of nitrogens with zero attached hydrogens (tertiary/aromatic N) is 2. The molecule has 1 aliphatic rings. The van der Waals surface area contributed by atoms with Gasteiger partial charge in [0.25, 0.3) is 5.91 Å². The van der Waals surface area contributed by atoms with E-state index in [4.69, 9.17) is 14.2 Å². The second kappa shape index (κ2) is 14.8. The minimum absolute atomic E-state index is 0.0920. The minimum atomic E-state index is -0.656. The minimum Gasteiger partial charge on any atom is -0.497 e. The number of ether oxygens (including phenoxy) is 3. The topological polar surface area (TPSA) is 85.4 Å². The van der Waals surface area contributed by atoms with E-state index in [1.54, 1.807) is 18.1 Å². The van der Waals surface area contributed by atoms with E-state index in [1.165, 1.54) is 30.4 Å². The number of benzene rings is 2. The molecule has 8 nitrogen and oxygen atoms in total. The number of carbonyl (C=O) groups excluding carboxylic acids is 3. The number of imide groups is 1. The normalized spacial score (nSPS) is 16.0. The molecule has 1 aromatic heterocycles. The van der Waals surface area contributed by atoms with Gasteiger partial charge in [0, 0.05) is 17.6 Å². The van der Waals surface area contributed by atoms with Gasteiger partial charge in [-0.05, 0) is 66.4 Å². The van der Waals surface area contributed by atoms with Gasteiger partial charge in [-0.15, -0.1) is 11.3 Å². The molecule has 0 N–H and O–H groups in total. The van der Waals surface area contributed by atoms with Crippen LogP contribution in [0.1, 0.15) is 70.8 Å². The third-order valence-corrected chi connectivity index (χ3v) is 8.33. The van der Waals surface area contributed by atoms with Crippen molar-refractivity contribution in [3.05, 3.63) is 87.6 Å². The summed E-state index contributed by atoms with van der Waals surface area (Å²) < 4.78 is 16.4. The summed E-state index contributed by atoms with van der Waals surface area (Å²) in [4.78, 5) is 41.9. The molecule has 0 bridgehead atoms. The SMILES string of the molecule is CCCCCC(OCc1ccc(OC)cc1)c1ccc(N2C(=O)N(C)C(=O)C2C/C=C\c2ccc(C(=O)OC)s2)cc1. The van der Waals surface area contributed by atoms with E-state index in [-0.39, 0.29) is 24.0 Å². The number of carbonyl (C=O) groups is 3. The predicted molar refractivity (Wildman–Crippen MR) is 165 cm³/mol. The van der Waals surface area contributed by atoms with Crippen molar-refractivity contribution in [3.63, 3.8) is 0 Å². The molecular weight excluding hydrogens is 552 g/mol. The van der Waals surface area contributed by atoms with Gasteiger partial charge >= 0.3 is 12.0 Å². The van der Waals surface area contributed by atoms with Crippen LogP contribution in [0.4, 0.5) is 10.5 Å². The molecule has 1 fully saturated rings. The van der Waals surface area contributed by atoms with Crippen LogP contribution in [0, 0.1) is 0 Å². The lowest BCUT2D eigenvalue weighted by molar-refractivity contribution is -0.126. The molecule has 2 aromatic carbocycles. The van der Waals surface area contributed by atoms with Gasteiger partial charge in [0.05, 0.1) is 26.9 Å². The van der Waals surface area contributed by atoms with Gasteiger partial charge in [0.2, 0.25) is 0 Å². The highest BCUT2D eigenvalue weighted by molar-refractivity contribution is 7.14. The molecule has 222 valence electrons. The summed E-state index contributed by atoms with van der Waals surface area (Å²) >= 11 is 1.31. The monoisotopic (exact) mass is 590 g/mol. The number of hydrogen-bond acceptors (Lipinski definition) is 7. The molecule has 0 saturated carbocycles. The van der Waals surface area contributed by atoms with Crippen molar-refractivity contribution >= 4 is 41.0 Å². The van der Waals surface area contributed by atoms with Gasteiger partial charge in [0.1, 0.15) is 16.7 Å². The zero-order chi connectivity index (χ0) is 30.1. The van der Waals surface area contributed by atoms with Gasteiger partial charge in [-0.3, -0.25) is 14.6 Å². The number of rotatable bonds is 14. The van der Waals surface area contributed by atoms with E-state index >= 15 is 0 Å². The summed E-state index contributed by atoms with van der Waals surface area (Å²) in [5.74, 6) is 0.170. The van der Waals surface area contributed by atoms with Gasteiger partial charge in [-0.1, -0.05) is 56.5 Å². The van der Waals surface area contributed by atoms with Crippen LogP contribution in [0.15, 0.2) is 66.7 Å². The van der Waals surface area contributed by atoms with E-state index in [2.05, 4.69) is 6.92 Å². The average molecular weight is 591 g/mol. The Kier molecular flexibility index (Phi) is 10.9. The summed E-state index contributed by atoms with van der Waals surface area (Å²) in [6, 6.07) is 18.1. The smallest absolute Gasteiger partial charge is 0.348 e. The molecule has 2 atom stereocenters. The summed E-state index contributed by atoms with van der Waals surface area (Å²) in [5.41, 5.74) is 2.76. The Morgan fingerprint density at radius 2 is 1.74 bits per heavy atom.